The highest BCUT2D eigenvalue weighted by Gasteiger charge is 2.30. The normalized spacial score (nSPS) is 23.5. The van der Waals surface area contributed by atoms with Gasteiger partial charge in [-0.05, 0) is 44.8 Å². The van der Waals surface area contributed by atoms with Crippen LogP contribution in [0.25, 0.3) is 0 Å². The van der Waals surface area contributed by atoms with E-state index in [1.807, 2.05) is 18.4 Å². The fourth-order valence-electron chi connectivity index (χ4n) is 2.63. The van der Waals surface area contributed by atoms with Gasteiger partial charge < -0.3 is 10.1 Å². The molecule has 1 aliphatic rings. The van der Waals surface area contributed by atoms with E-state index in [4.69, 9.17) is 4.74 Å². The summed E-state index contributed by atoms with van der Waals surface area (Å²) in [7, 11) is 2.03. The summed E-state index contributed by atoms with van der Waals surface area (Å²) in [5.74, 6) is 0. The van der Waals surface area contributed by atoms with Gasteiger partial charge in [-0.2, -0.15) is 0 Å². The average molecular weight is 268 g/mol. The van der Waals surface area contributed by atoms with Gasteiger partial charge >= 0.3 is 0 Å². The van der Waals surface area contributed by atoms with Gasteiger partial charge in [-0.1, -0.05) is 0 Å². The number of likely N-dealkylation sites (N-methyl/N-ethyl adjacent to an activating group) is 1. The Kier molecular flexibility index (Phi) is 4.78. The summed E-state index contributed by atoms with van der Waals surface area (Å²) in [6.07, 6.45) is 0.249. The molecule has 1 aliphatic heterocycles. The van der Waals surface area contributed by atoms with Crippen molar-refractivity contribution in [3.8, 4) is 0 Å². The molecule has 0 amide bonds. The van der Waals surface area contributed by atoms with Gasteiger partial charge in [0.2, 0.25) is 0 Å². The van der Waals surface area contributed by atoms with Crippen LogP contribution in [0.3, 0.4) is 0 Å². The van der Waals surface area contributed by atoms with Crippen LogP contribution in [-0.2, 0) is 4.74 Å². The average Bonchev–Trinajstić information content (AvgIpc) is 2.77. The molecule has 102 valence electrons. The van der Waals surface area contributed by atoms with Crippen molar-refractivity contribution in [1.82, 2.24) is 10.2 Å². The summed E-state index contributed by atoms with van der Waals surface area (Å²) >= 11 is 1.81. The number of aryl methyl sites for hydroxylation is 1. The van der Waals surface area contributed by atoms with E-state index in [9.17, 15) is 0 Å². The molecule has 1 aromatic rings. The SMILES string of the molecule is CNC(c1ccsc1C)C1CN(C(C)C)CCO1. The zero-order chi connectivity index (χ0) is 13.1. The molecular weight excluding hydrogens is 244 g/mol. The Bertz CT molecular complexity index is 378. The van der Waals surface area contributed by atoms with Crippen molar-refractivity contribution < 1.29 is 4.74 Å². The van der Waals surface area contributed by atoms with Gasteiger partial charge in [-0.25, -0.2) is 0 Å². The van der Waals surface area contributed by atoms with Gasteiger partial charge in [0.1, 0.15) is 0 Å². The third-order valence-electron chi connectivity index (χ3n) is 3.77. The first-order valence-electron chi connectivity index (χ1n) is 6.70. The number of nitrogens with zero attached hydrogens (tertiary/aromatic N) is 1. The van der Waals surface area contributed by atoms with Crippen LogP contribution in [0.2, 0.25) is 0 Å². The first-order valence-corrected chi connectivity index (χ1v) is 7.58. The van der Waals surface area contributed by atoms with E-state index in [1.54, 1.807) is 0 Å². The highest BCUT2D eigenvalue weighted by Crippen LogP contribution is 2.28. The van der Waals surface area contributed by atoms with Crippen molar-refractivity contribution in [2.24, 2.45) is 0 Å². The second-order valence-corrected chi connectivity index (χ2v) is 6.32. The Morgan fingerprint density at radius 2 is 2.28 bits per heavy atom. The van der Waals surface area contributed by atoms with Crippen LogP contribution in [0.1, 0.15) is 30.3 Å². The lowest BCUT2D eigenvalue weighted by Gasteiger charge is -2.39. The maximum absolute atomic E-state index is 5.99. The second kappa shape index (κ2) is 6.15. The second-order valence-electron chi connectivity index (χ2n) is 5.20. The van der Waals surface area contributed by atoms with Crippen LogP contribution < -0.4 is 5.32 Å². The van der Waals surface area contributed by atoms with Gasteiger partial charge in [0.15, 0.2) is 0 Å². The van der Waals surface area contributed by atoms with Gasteiger partial charge in [-0.3, -0.25) is 4.90 Å². The molecule has 3 nitrogen and oxygen atoms in total. The van der Waals surface area contributed by atoms with E-state index < -0.39 is 0 Å². The minimum atomic E-state index is 0.249. The number of hydrogen-bond acceptors (Lipinski definition) is 4. The van der Waals surface area contributed by atoms with Crippen molar-refractivity contribution in [3.63, 3.8) is 0 Å². The molecule has 18 heavy (non-hydrogen) atoms. The Labute approximate surface area is 114 Å². The molecule has 0 spiro atoms. The fraction of sp³-hybridized carbons (Fsp3) is 0.714. The first-order chi connectivity index (χ1) is 8.63. The largest absolute Gasteiger partial charge is 0.374 e. The molecular formula is C14H24N2OS. The zero-order valence-corrected chi connectivity index (χ0v) is 12.6. The Hall–Kier alpha value is -0.420. The number of hydrogen-bond donors (Lipinski definition) is 1. The van der Waals surface area contributed by atoms with E-state index in [-0.39, 0.29) is 6.10 Å². The number of rotatable bonds is 4. The topological polar surface area (TPSA) is 24.5 Å². The summed E-state index contributed by atoms with van der Waals surface area (Å²) in [6, 6.07) is 3.12. The number of ether oxygens (including phenoxy) is 1. The lowest BCUT2D eigenvalue weighted by Crippen LogP contribution is -2.49. The molecule has 2 rings (SSSR count). The lowest BCUT2D eigenvalue weighted by molar-refractivity contribution is -0.0550. The maximum atomic E-state index is 5.99. The Balaban J connectivity index is 2.11. The third-order valence-corrected chi connectivity index (χ3v) is 4.63. The molecule has 1 aromatic heterocycles. The molecule has 1 N–H and O–H groups in total. The van der Waals surface area contributed by atoms with Crippen LogP contribution in [0.4, 0.5) is 0 Å². The van der Waals surface area contributed by atoms with Crippen molar-refractivity contribution in [2.75, 3.05) is 26.7 Å². The van der Waals surface area contributed by atoms with E-state index in [2.05, 4.69) is 42.4 Å². The predicted molar refractivity (Wildman–Crippen MR) is 77.3 cm³/mol. The summed E-state index contributed by atoms with van der Waals surface area (Å²) in [6.45, 7) is 9.60. The molecule has 0 aliphatic carbocycles. The Morgan fingerprint density at radius 3 is 2.83 bits per heavy atom. The van der Waals surface area contributed by atoms with Crippen molar-refractivity contribution in [3.05, 3.63) is 21.9 Å². The molecule has 1 saturated heterocycles. The standard InChI is InChI=1S/C14H24N2OS/c1-10(2)16-6-7-17-13(9-16)14(15-4)12-5-8-18-11(12)3/h5,8,10,13-15H,6-7,9H2,1-4H3. The van der Waals surface area contributed by atoms with Gasteiger partial charge in [0, 0.05) is 24.0 Å². The summed E-state index contributed by atoms with van der Waals surface area (Å²) in [5.41, 5.74) is 1.39. The highest BCUT2D eigenvalue weighted by molar-refractivity contribution is 7.10. The highest BCUT2D eigenvalue weighted by atomic mass is 32.1. The van der Waals surface area contributed by atoms with Gasteiger partial charge in [-0.15, -0.1) is 11.3 Å². The van der Waals surface area contributed by atoms with Crippen molar-refractivity contribution >= 4 is 11.3 Å². The van der Waals surface area contributed by atoms with E-state index >= 15 is 0 Å². The molecule has 2 unspecified atom stereocenters. The molecule has 0 saturated carbocycles. The smallest absolute Gasteiger partial charge is 0.0897 e. The number of morpholine rings is 1. The number of nitrogens with one attached hydrogen (secondary N) is 1. The van der Waals surface area contributed by atoms with Crippen molar-refractivity contribution in [2.45, 2.75) is 39.0 Å². The molecule has 0 radical (unpaired) electrons. The fourth-order valence-corrected chi connectivity index (χ4v) is 3.38. The quantitative estimate of drug-likeness (QED) is 0.907. The first kappa shape index (κ1) is 14.0. The Morgan fingerprint density at radius 1 is 1.50 bits per heavy atom. The predicted octanol–water partition coefficient (Wildman–Crippen LogP) is 2.43. The van der Waals surface area contributed by atoms with Crippen LogP contribution >= 0.6 is 11.3 Å². The van der Waals surface area contributed by atoms with Crippen LogP contribution in [0.15, 0.2) is 11.4 Å². The van der Waals surface area contributed by atoms with E-state index in [0.717, 1.165) is 19.7 Å². The van der Waals surface area contributed by atoms with E-state index in [1.165, 1.54) is 10.4 Å². The van der Waals surface area contributed by atoms with Gasteiger partial charge in [0.05, 0.1) is 18.8 Å². The summed E-state index contributed by atoms with van der Waals surface area (Å²) in [5, 5.41) is 5.59. The van der Waals surface area contributed by atoms with Crippen LogP contribution in [-0.4, -0.2) is 43.8 Å². The monoisotopic (exact) mass is 268 g/mol. The third kappa shape index (κ3) is 2.94. The zero-order valence-electron chi connectivity index (χ0n) is 11.8. The molecule has 2 heterocycles. The summed E-state index contributed by atoms with van der Waals surface area (Å²) in [4.78, 5) is 3.89. The minimum absolute atomic E-state index is 0.249. The minimum Gasteiger partial charge on any atom is -0.374 e. The van der Waals surface area contributed by atoms with Crippen LogP contribution in [0, 0.1) is 6.92 Å². The van der Waals surface area contributed by atoms with Crippen LogP contribution in [0.5, 0.6) is 0 Å². The molecule has 1 fully saturated rings. The molecule has 0 aromatic carbocycles. The molecule has 0 bridgehead atoms. The summed E-state index contributed by atoms with van der Waals surface area (Å²) < 4.78 is 5.99. The maximum Gasteiger partial charge on any atom is 0.0897 e. The molecule has 4 heteroatoms. The number of thiophene rings is 1. The molecule has 2 atom stereocenters. The van der Waals surface area contributed by atoms with Gasteiger partial charge in [0.25, 0.3) is 0 Å². The lowest BCUT2D eigenvalue weighted by atomic mass is 10.0. The van der Waals surface area contributed by atoms with Crippen molar-refractivity contribution in [1.29, 1.82) is 0 Å². The van der Waals surface area contributed by atoms with E-state index in [0.29, 0.717) is 12.1 Å².